The van der Waals surface area contributed by atoms with Gasteiger partial charge >= 0.3 is 0 Å². The van der Waals surface area contributed by atoms with Crippen molar-refractivity contribution in [1.29, 1.82) is 0 Å². The molecular weight excluding hydrogens is 256 g/mol. The van der Waals surface area contributed by atoms with E-state index in [1.807, 2.05) is 0 Å². The van der Waals surface area contributed by atoms with Crippen molar-refractivity contribution in [2.24, 2.45) is 17.2 Å². The highest BCUT2D eigenvalue weighted by atomic mass is 32.1. The lowest BCUT2D eigenvalue weighted by Crippen LogP contribution is -2.26. The molecule has 0 saturated carbocycles. The van der Waals surface area contributed by atoms with Gasteiger partial charge < -0.3 is 5.43 Å². The lowest BCUT2D eigenvalue weighted by Gasteiger charge is -2.33. The summed E-state index contributed by atoms with van der Waals surface area (Å²) in [6.07, 6.45) is 5.09. The highest BCUT2D eigenvalue weighted by molar-refractivity contribution is 7.19. The van der Waals surface area contributed by atoms with Crippen LogP contribution in [0.3, 0.4) is 0 Å². The lowest BCUT2D eigenvalue weighted by molar-refractivity contribution is 0.218. The van der Waals surface area contributed by atoms with Crippen molar-refractivity contribution >= 4 is 27.4 Å². The molecule has 5 heteroatoms. The number of hydrazine groups is 1. The number of nitrogens with zero attached hydrogens (tertiary/aromatic N) is 2. The molecule has 2 heterocycles. The number of rotatable bonds is 1. The van der Waals surface area contributed by atoms with Gasteiger partial charge in [0, 0.05) is 4.88 Å². The quantitative estimate of drug-likeness (QED) is 0.620. The van der Waals surface area contributed by atoms with E-state index in [1.165, 1.54) is 16.9 Å². The average molecular weight is 276 g/mol. The molecule has 2 aromatic rings. The predicted molar refractivity (Wildman–Crippen MR) is 80.2 cm³/mol. The van der Waals surface area contributed by atoms with Gasteiger partial charge in [-0.2, -0.15) is 0 Å². The van der Waals surface area contributed by atoms with Crippen LogP contribution in [0, 0.1) is 11.3 Å². The van der Waals surface area contributed by atoms with Gasteiger partial charge in [-0.25, -0.2) is 15.8 Å². The van der Waals surface area contributed by atoms with E-state index in [4.69, 9.17) is 5.84 Å². The van der Waals surface area contributed by atoms with Crippen molar-refractivity contribution in [3.8, 4) is 0 Å². The van der Waals surface area contributed by atoms with Crippen molar-refractivity contribution in [2.75, 3.05) is 5.43 Å². The summed E-state index contributed by atoms with van der Waals surface area (Å²) >= 11 is 1.80. The van der Waals surface area contributed by atoms with Crippen LogP contribution < -0.4 is 11.3 Å². The third kappa shape index (κ3) is 2.11. The molecule has 0 aromatic carbocycles. The maximum atomic E-state index is 5.57. The Morgan fingerprint density at radius 2 is 2.16 bits per heavy atom. The first kappa shape index (κ1) is 12.8. The zero-order valence-electron chi connectivity index (χ0n) is 11.7. The number of aryl methyl sites for hydroxylation is 1. The monoisotopic (exact) mass is 276 g/mol. The molecule has 0 amide bonds. The van der Waals surface area contributed by atoms with Crippen molar-refractivity contribution in [3.63, 3.8) is 0 Å². The summed E-state index contributed by atoms with van der Waals surface area (Å²) in [4.78, 5) is 11.2. The molecule has 1 aliphatic rings. The van der Waals surface area contributed by atoms with Gasteiger partial charge in [-0.1, -0.05) is 20.8 Å². The first-order valence-electron chi connectivity index (χ1n) is 6.72. The second kappa shape index (κ2) is 4.42. The fourth-order valence-electron chi connectivity index (χ4n) is 2.96. The van der Waals surface area contributed by atoms with E-state index in [-0.39, 0.29) is 0 Å². The molecule has 0 saturated heterocycles. The third-order valence-electron chi connectivity index (χ3n) is 4.21. The van der Waals surface area contributed by atoms with Crippen LogP contribution in [0.2, 0.25) is 0 Å². The van der Waals surface area contributed by atoms with Crippen LogP contribution in [-0.2, 0) is 12.8 Å². The molecule has 1 aliphatic carbocycles. The Morgan fingerprint density at radius 3 is 2.84 bits per heavy atom. The number of nitrogens with two attached hydrogens (primary N) is 1. The molecule has 3 N–H and O–H groups in total. The first-order chi connectivity index (χ1) is 9.00. The lowest BCUT2D eigenvalue weighted by atomic mass is 9.72. The van der Waals surface area contributed by atoms with Crippen LogP contribution in [0.5, 0.6) is 0 Å². The Labute approximate surface area is 117 Å². The van der Waals surface area contributed by atoms with E-state index in [1.54, 1.807) is 17.7 Å². The normalized spacial score (nSPS) is 19.5. The summed E-state index contributed by atoms with van der Waals surface area (Å²) in [7, 11) is 0. The predicted octanol–water partition coefficient (Wildman–Crippen LogP) is 3.13. The van der Waals surface area contributed by atoms with Crippen LogP contribution in [0.25, 0.3) is 10.2 Å². The summed E-state index contributed by atoms with van der Waals surface area (Å²) in [6.45, 7) is 7.01. The van der Waals surface area contributed by atoms with Gasteiger partial charge in [0.2, 0.25) is 0 Å². The molecule has 4 nitrogen and oxygen atoms in total. The van der Waals surface area contributed by atoms with E-state index in [9.17, 15) is 0 Å². The Morgan fingerprint density at radius 1 is 1.37 bits per heavy atom. The van der Waals surface area contributed by atoms with Crippen LogP contribution in [0.15, 0.2) is 6.33 Å². The second-order valence-corrected chi connectivity index (χ2v) is 7.44. The van der Waals surface area contributed by atoms with Crippen molar-refractivity contribution in [3.05, 3.63) is 16.8 Å². The van der Waals surface area contributed by atoms with Gasteiger partial charge in [0.1, 0.15) is 11.2 Å². The van der Waals surface area contributed by atoms with E-state index < -0.39 is 0 Å². The topological polar surface area (TPSA) is 63.8 Å². The summed E-state index contributed by atoms with van der Waals surface area (Å²) in [5.74, 6) is 7.08. The molecule has 0 radical (unpaired) electrons. The van der Waals surface area contributed by atoms with Gasteiger partial charge in [-0.3, -0.25) is 0 Å². The largest absolute Gasteiger partial charge is 0.308 e. The van der Waals surface area contributed by atoms with Crippen LogP contribution in [0.1, 0.15) is 37.6 Å². The van der Waals surface area contributed by atoms with Crippen molar-refractivity contribution < 1.29 is 0 Å². The molecule has 3 rings (SSSR count). The summed E-state index contributed by atoms with van der Waals surface area (Å²) in [6, 6.07) is 0. The summed E-state index contributed by atoms with van der Waals surface area (Å²) < 4.78 is 0. The molecule has 1 atom stereocenters. The number of nitrogens with one attached hydrogen (secondary N) is 1. The smallest absolute Gasteiger partial charge is 0.152 e. The SMILES string of the molecule is CC(C)(C)[C@H]1CCc2c(sc3ncnc(NN)c23)C1. The highest BCUT2D eigenvalue weighted by Gasteiger charge is 2.31. The number of nitrogen functional groups attached to an aromatic ring is 1. The molecule has 0 bridgehead atoms. The standard InChI is InChI=1S/C14H20N4S/c1-14(2,3)8-4-5-9-10(6-8)19-13-11(9)12(18-15)16-7-17-13/h7-8H,4-6,15H2,1-3H3,(H,16,17,18)/t8-/m0/s1. The van der Waals surface area contributed by atoms with Crippen LogP contribution in [-0.4, -0.2) is 9.97 Å². The molecule has 0 unspecified atom stereocenters. The number of hydrogen-bond acceptors (Lipinski definition) is 5. The molecule has 0 aliphatic heterocycles. The molecule has 0 fully saturated rings. The molecule has 19 heavy (non-hydrogen) atoms. The number of fused-ring (bicyclic) bond motifs is 3. The summed E-state index contributed by atoms with van der Waals surface area (Å²) in [5.41, 5.74) is 4.48. The van der Waals surface area contributed by atoms with E-state index >= 15 is 0 Å². The van der Waals surface area contributed by atoms with Crippen molar-refractivity contribution in [2.45, 2.75) is 40.0 Å². The molecular formula is C14H20N4S. The molecule has 0 spiro atoms. The average Bonchev–Trinajstić information content (AvgIpc) is 2.74. The van der Waals surface area contributed by atoms with Gasteiger partial charge in [-0.15, -0.1) is 11.3 Å². The Hall–Kier alpha value is -1.20. The zero-order valence-corrected chi connectivity index (χ0v) is 12.5. The van der Waals surface area contributed by atoms with Gasteiger partial charge in [0.05, 0.1) is 5.39 Å². The number of aromatic nitrogens is 2. The van der Waals surface area contributed by atoms with Crippen LogP contribution >= 0.6 is 11.3 Å². The fraction of sp³-hybridized carbons (Fsp3) is 0.571. The minimum absolute atomic E-state index is 0.370. The van der Waals surface area contributed by atoms with E-state index in [0.717, 1.165) is 34.8 Å². The van der Waals surface area contributed by atoms with Gasteiger partial charge in [-0.05, 0) is 36.2 Å². The third-order valence-corrected chi connectivity index (χ3v) is 5.37. The second-order valence-electron chi connectivity index (χ2n) is 6.36. The fourth-order valence-corrected chi connectivity index (χ4v) is 4.23. The number of anilines is 1. The van der Waals surface area contributed by atoms with E-state index in [2.05, 4.69) is 36.2 Å². The number of thiophene rings is 1. The Balaban J connectivity index is 2.08. The van der Waals surface area contributed by atoms with Crippen LogP contribution in [0.4, 0.5) is 5.82 Å². The maximum absolute atomic E-state index is 5.57. The minimum Gasteiger partial charge on any atom is -0.308 e. The number of hydrogen-bond donors (Lipinski definition) is 2. The Bertz CT molecular complexity index is 612. The van der Waals surface area contributed by atoms with Gasteiger partial charge in [0.15, 0.2) is 5.82 Å². The molecule has 2 aromatic heterocycles. The Kier molecular flexibility index (Phi) is 2.98. The minimum atomic E-state index is 0.370. The first-order valence-corrected chi connectivity index (χ1v) is 7.54. The maximum Gasteiger partial charge on any atom is 0.152 e. The van der Waals surface area contributed by atoms with E-state index in [0.29, 0.717) is 5.41 Å². The molecule has 102 valence electrons. The highest BCUT2D eigenvalue weighted by Crippen LogP contribution is 2.43. The van der Waals surface area contributed by atoms with Crippen molar-refractivity contribution in [1.82, 2.24) is 9.97 Å². The summed E-state index contributed by atoms with van der Waals surface area (Å²) in [5, 5.41) is 1.14. The van der Waals surface area contributed by atoms with Gasteiger partial charge in [0.25, 0.3) is 0 Å². The zero-order chi connectivity index (χ0) is 13.6.